The van der Waals surface area contributed by atoms with E-state index in [0.29, 0.717) is 17.8 Å². The Morgan fingerprint density at radius 3 is 2.48 bits per heavy atom. The van der Waals surface area contributed by atoms with Gasteiger partial charge in [-0.3, -0.25) is 9.59 Å². The lowest BCUT2D eigenvalue weighted by Crippen LogP contribution is -2.16. The van der Waals surface area contributed by atoms with Gasteiger partial charge in [-0.1, -0.05) is 29.3 Å². The first kappa shape index (κ1) is 21.0. The molecular weight excluding hydrogens is 393 g/mol. The van der Waals surface area contributed by atoms with E-state index in [4.69, 9.17) is 27.9 Å². The molecule has 8 heteroatoms. The number of halogens is 2. The Morgan fingerprint density at radius 2 is 1.81 bits per heavy atom. The summed E-state index contributed by atoms with van der Waals surface area (Å²) in [6.45, 7) is 3.57. The molecule has 0 saturated carbocycles. The van der Waals surface area contributed by atoms with Gasteiger partial charge in [-0.2, -0.15) is 0 Å². The molecule has 0 amide bonds. The van der Waals surface area contributed by atoms with Crippen molar-refractivity contribution in [3.8, 4) is 0 Å². The van der Waals surface area contributed by atoms with Gasteiger partial charge in [0, 0.05) is 23.5 Å². The fraction of sp³-hybridized carbons (Fsp3) is 0.316. The Labute approximate surface area is 167 Å². The molecule has 1 aromatic heterocycles. The summed E-state index contributed by atoms with van der Waals surface area (Å²) in [5.41, 5.74) is 2.05. The summed E-state index contributed by atoms with van der Waals surface area (Å²) in [4.78, 5) is 36.0. The predicted molar refractivity (Wildman–Crippen MR) is 102 cm³/mol. The fourth-order valence-corrected chi connectivity index (χ4v) is 3.06. The van der Waals surface area contributed by atoms with Crippen LogP contribution in [0.15, 0.2) is 24.3 Å². The maximum atomic E-state index is 12.5. The first-order valence-electron chi connectivity index (χ1n) is 8.14. The van der Waals surface area contributed by atoms with Crippen LogP contribution in [0.3, 0.4) is 0 Å². The SMILES string of the molecule is COC(=O)CCn1c(C)cc(C(=O)COC(=O)c2cccc(Cl)c2Cl)c1C. The van der Waals surface area contributed by atoms with Crippen LogP contribution in [0, 0.1) is 13.8 Å². The number of ketones is 1. The van der Waals surface area contributed by atoms with E-state index in [1.54, 1.807) is 25.1 Å². The molecule has 0 atom stereocenters. The zero-order chi connectivity index (χ0) is 20.1. The van der Waals surface area contributed by atoms with E-state index in [2.05, 4.69) is 4.74 Å². The number of carbonyl (C=O) groups excluding carboxylic acids is 3. The van der Waals surface area contributed by atoms with Gasteiger partial charge in [-0.15, -0.1) is 0 Å². The molecule has 0 aliphatic carbocycles. The minimum Gasteiger partial charge on any atom is -0.469 e. The highest BCUT2D eigenvalue weighted by molar-refractivity contribution is 6.43. The van der Waals surface area contributed by atoms with Gasteiger partial charge in [0.2, 0.25) is 5.78 Å². The van der Waals surface area contributed by atoms with Crippen LogP contribution in [0.25, 0.3) is 0 Å². The Kier molecular flexibility index (Phi) is 7.05. The van der Waals surface area contributed by atoms with Crippen molar-refractivity contribution in [2.75, 3.05) is 13.7 Å². The molecule has 0 unspecified atom stereocenters. The summed E-state index contributed by atoms with van der Waals surface area (Å²) in [6, 6.07) is 6.30. The van der Waals surface area contributed by atoms with E-state index in [-0.39, 0.29) is 33.8 Å². The molecule has 6 nitrogen and oxygen atoms in total. The van der Waals surface area contributed by atoms with Crippen LogP contribution in [0.4, 0.5) is 0 Å². The Morgan fingerprint density at radius 1 is 1.11 bits per heavy atom. The second-order valence-electron chi connectivity index (χ2n) is 5.86. The maximum absolute atomic E-state index is 12.5. The average Bonchev–Trinajstić information content (AvgIpc) is 2.93. The maximum Gasteiger partial charge on any atom is 0.340 e. The highest BCUT2D eigenvalue weighted by atomic mass is 35.5. The second kappa shape index (κ2) is 9.06. The van der Waals surface area contributed by atoms with Gasteiger partial charge in [0.15, 0.2) is 6.61 Å². The molecule has 0 aliphatic rings. The molecule has 0 radical (unpaired) electrons. The minimum atomic E-state index is -0.727. The van der Waals surface area contributed by atoms with Gasteiger partial charge in [0.25, 0.3) is 0 Å². The second-order valence-corrected chi connectivity index (χ2v) is 6.65. The topological polar surface area (TPSA) is 74.6 Å². The van der Waals surface area contributed by atoms with Gasteiger partial charge in [-0.25, -0.2) is 4.79 Å². The zero-order valence-corrected chi connectivity index (χ0v) is 16.7. The Hall–Kier alpha value is -2.31. The number of aromatic nitrogens is 1. The third-order valence-corrected chi connectivity index (χ3v) is 4.97. The lowest BCUT2D eigenvalue weighted by molar-refractivity contribution is -0.140. The van der Waals surface area contributed by atoms with E-state index >= 15 is 0 Å². The number of methoxy groups -OCH3 is 1. The van der Waals surface area contributed by atoms with Crippen molar-refractivity contribution < 1.29 is 23.9 Å². The van der Waals surface area contributed by atoms with Crippen molar-refractivity contribution in [2.45, 2.75) is 26.8 Å². The van der Waals surface area contributed by atoms with Gasteiger partial charge in [-0.05, 0) is 32.0 Å². The molecule has 2 aromatic rings. The first-order valence-corrected chi connectivity index (χ1v) is 8.89. The molecule has 2 rings (SSSR count). The van der Waals surface area contributed by atoms with Gasteiger partial charge in [0.05, 0.1) is 29.1 Å². The van der Waals surface area contributed by atoms with Crippen LogP contribution in [0.5, 0.6) is 0 Å². The van der Waals surface area contributed by atoms with Crippen LogP contribution in [0.1, 0.15) is 38.5 Å². The van der Waals surface area contributed by atoms with Gasteiger partial charge >= 0.3 is 11.9 Å². The normalized spacial score (nSPS) is 10.6. The average molecular weight is 412 g/mol. The smallest absolute Gasteiger partial charge is 0.340 e. The summed E-state index contributed by atoms with van der Waals surface area (Å²) in [5.74, 6) is -1.41. The summed E-state index contributed by atoms with van der Waals surface area (Å²) in [5, 5.41) is 0.309. The predicted octanol–water partition coefficient (Wildman–Crippen LogP) is 4.01. The molecule has 0 bridgehead atoms. The highest BCUT2D eigenvalue weighted by Crippen LogP contribution is 2.26. The lowest BCUT2D eigenvalue weighted by atomic mass is 10.1. The zero-order valence-electron chi connectivity index (χ0n) is 15.2. The summed E-state index contributed by atoms with van der Waals surface area (Å²) < 4.78 is 11.6. The highest BCUT2D eigenvalue weighted by Gasteiger charge is 2.20. The number of nitrogens with zero attached hydrogens (tertiary/aromatic N) is 1. The first-order chi connectivity index (χ1) is 12.8. The van der Waals surface area contributed by atoms with Crippen LogP contribution in [-0.2, 0) is 20.8 Å². The van der Waals surface area contributed by atoms with Crippen molar-refractivity contribution in [2.24, 2.45) is 0 Å². The Bertz CT molecular complexity index is 888. The van der Waals surface area contributed by atoms with E-state index in [0.717, 1.165) is 5.69 Å². The molecule has 0 fully saturated rings. The number of carbonyl (C=O) groups is 3. The quantitative estimate of drug-likeness (QED) is 0.508. The number of rotatable bonds is 7. The third kappa shape index (κ3) is 4.90. The van der Waals surface area contributed by atoms with Crippen LogP contribution in [0.2, 0.25) is 10.0 Å². The largest absolute Gasteiger partial charge is 0.469 e. The van der Waals surface area contributed by atoms with Crippen molar-refractivity contribution >= 4 is 40.9 Å². The summed E-state index contributed by atoms with van der Waals surface area (Å²) in [7, 11) is 1.33. The molecule has 27 heavy (non-hydrogen) atoms. The number of hydrogen-bond acceptors (Lipinski definition) is 5. The number of hydrogen-bond donors (Lipinski definition) is 0. The van der Waals surface area contributed by atoms with Crippen molar-refractivity contribution in [1.29, 1.82) is 0 Å². The molecule has 144 valence electrons. The molecule has 0 spiro atoms. The van der Waals surface area contributed by atoms with E-state index in [9.17, 15) is 14.4 Å². The fourth-order valence-electron chi connectivity index (χ4n) is 2.68. The van der Waals surface area contributed by atoms with Crippen molar-refractivity contribution in [1.82, 2.24) is 4.57 Å². The lowest BCUT2D eigenvalue weighted by Gasteiger charge is -2.09. The van der Waals surface area contributed by atoms with Crippen molar-refractivity contribution in [3.63, 3.8) is 0 Å². The number of benzene rings is 1. The molecule has 0 saturated heterocycles. The third-order valence-electron chi connectivity index (χ3n) is 4.15. The van der Waals surface area contributed by atoms with E-state index < -0.39 is 12.6 Å². The van der Waals surface area contributed by atoms with Crippen LogP contribution in [-0.4, -0.2) is 36.0 Å². The molecule has 1 heterocycles. The standard InChI is InChI=1S/C19H19Cl2NO5/c1-11-9-14(12(2)22(11)8-7-17(24)26-3)16(23)10-27-19(25)13-5-4-6-15(20)18(13)21/h4-6,9H,7-8,10H2,1-3H3. The van der Waals surface area contributed by atoms with Gasteiger partial charge in [0.1, 0.15) is 0 Å². The van der Waals surface area contributed by atoms with Crippen LogP contribution >= 0.6 is 23.2 Å². The van der Waals surface area contributed by atoms with E-state index in [1.165, 1.54) is 13.2 Å². The monoisotopic (exact) mass is 411 g/mol. The number of aryl methyl sites for hydroxylation is 1. The molecular formula is C19H19Cl2NO5. The summed E-state index contributed by atoms with van der Waals surface area (Å²) >= 11 is 11.9. The van der Waals surface area contributed by atoms with Gasteiger partial charge < -0.3 is 14.0 Å². The Balaban J connectivity index is 2.07. The molecule has 1 aromatic carbocycles. The van der Waals surface area contributed by atoms with Crippen molar-refractivity contribution in [3.05, 3.63) is 56.8 Å². The molecule has 0 N–H and O–H groups in total. The van der Waals surface area contributed by atoms with Crippen LogP contribution < -0.4 is 0 Å². The number of ether oxygens (including phenoxy) is 2. The molecule has 0 aliphatic heterocycles. The summed E-state index contributed by atoms with van der Waals surface area (Å²) in [6.07, 6.45) is 0.197. The number of Topliss-reactive ketones (excluding diaryl/α,β-unsaturated/α-hetero) is 1. The number of esters is 2. The van der Waals surface area contributed by atoms with E-state index in [1.807, 2.05) is 11.5 Å². The minimum absolute atomic E-state index is 0.0811.